The molecule has 0 atom stereocenters. The minimum absolute atomic E-state index is 0.136. The maximum atomic E-state index is 12.6. The Kier molecular flexibility index (Phi) is 4.81. The molecule has 2 N–H and O–H groups in total. The van der Waals surface area contributed by atoms with Crippen LogP contribution in [0.2, 0.25) is 0 Å². The molecule has 2 aromatic carbocycles. The van der Waals surface area contributed by atoms with Gasteiger partial charge in [-0.15, -0.1) is 0 Å². The van der Waals surface area contributed by atoms with Crippen molar-refractivity contribution in [3.8, 4) is 11.6 Å². The summed E-state index contributed by atoms with van der Waals surface area (Å²) in [4.78, 5) is 17.5. The van der Waals surface area contributed by atoms with Crippen molar-refractivity contribution in [2.45, 2.75) is 0 Å². The monoisotopic (exact) mass is 409 g/mol. The molecule has 0 saturated carbocycles. The molecule has 0 radical (unpaired) electrons. The van der Waals surface area contributed by atoms with Gasteiger partial charge in [0.05, 0.1) is 23.2 Å². The molecule has 1 aliphatic heterocycles. The fourth-order valence-electron chi connectivity index (χ4n) is 2.86. The van der Waals surface area contributed by atoms with Crippen molar-refractivity contribution in [2.24, 2.45) is 4.99 Å². The molecule has 140 valence electrons. The van der Waals surface area contributed by atoms with Crippen molar-refractivity contribution in [3.63, 3.8) is 0 Å². The Hall–Kier alpha value is -3.23. The molecule has 6 nitrogen and oxygen atoms in total. The molecule has 2 heterocycles. The molecule has 3 aromatic rings. The van der Waals surface area contributed by atoms with Crippen LogP contribution >= 0.6 is 23.6 Å². The number of rotatable bonds is 4. The first-order valence-electron chi connectivity index (χ1n) is 8.33. The number of carbonyl (C=O) groups is 1. The lowest BCUT2D eigenvalue weighted by Crippen LogP contribution is -2.23. The third-order valence-electron chi connectivity index (χ3n) is 4.22. The van der Waals surface area contributed by atoms with Crippen LogP contribution < -0.4 is 10.2 Å². The number of aliphatic imine (C=N–C) groups is 1. The third-order valence-corrected chi connectivity index (χ3v) is 5.53. The first-order valence-corrected chi connectivity index (χ1v) is 9.55. The van der Waals surface area contributed by atoms with E-state index in [9.17, 15) is 9.90 Å². The van der Waals surface area contributed by atoms with Gasteiger partial charge in [0.2, 0.25) is 5.88 Å². The van der Waals surface area contributed by atoms with Crippen LogP contribution in [-0.2, 0) is 0 Å². The third kappa shape index (κ3) is 3.23. The van der Waals surface area contributed by atoms with E-state index < -0.39 is 5.91 Å². The molecule has 28 heavy (non-hydrogen) atoms. The Morgan fingerprint density at radius 2 is 2.00 bits per heavy atom. The van der Waals surface area contributed by atoms with Crippen molar-refractivity contribution in [3.05, 3.63) is 68.5 Å². The summed E-state index contributed by atoms with van der Waals surface area (Å²) in [6.07, 6.45) is 3.54. The van der Waals surface area contributed by atoms with Gasteiger partial charge in [-0.25, -0.2) is 0 Å². The maximum absolute atomic E-state index is 12.6. The quantitative estimate of drug-likeness (QED) is 0.616. The van der Waals surface area contributed by atoms with Gasteiger partial charge in [0.15, 0.2) is 3.95 Å². The Labute approximate surface area is 170 Å². The molecule has 1 aliphatic rings. The summed E-state index contributed by atoms with van der Waals surface area (Å²) in [5, 5.41) is 10.6. The number of methoxy groups -OCH3 is 1. The molecule has 0 saturated heterocycles. The highest BCUT2D eigenvalue weighted by atomic mass is 32.1. The zero-order valence-corrected chi connectivity index (χ0v) is 16.4. The number of hydrogen-bond acceptors (Lipinski definition) is 6. The Morgan fingerprint density at radius 3 is 2.82 bits per heavy atom. The SMILES string of the molecule is COc1ccccc1C(=O)Nn1c(O)c(/C=C2\C=Nc3ccccc32)sc1=S. The van der Waals surface area contributed by atoms with E-state index in [1.54, 1.807) is 36.6 Å². The summed E-state index contributed by atoms with van der Waals surface area (Å²) in [5.74, 6) is -0.139. The predicted octanol–water partition coefficient (Wildman–Crippen LogP) is 4.63. The van der Waals surface area contributed by atoms with E-state index in [-0.39, 0.29) is 5.88 Å². The summed E-state index contributed by atoms with van der Waals surface area (Å²) in [6.45, 7) is 0. The van der Waals surface area contributed by atoms with Gasteiger partial charge in [0.1, 0.15) is 5.75 Å². The Morgan fingerprint density at radius 1 is 1.25 bits per heavy atom. The highest BCUT2D eigenvalue weighted by Crippen LogP contribution is 2.35. The molecule has 0 unspecified atom stereocenters. The maximum Gasteiger partial charge on any atom is 0.274 e. The number of benzene rings is 2. The van der Waals surface area contributed by atoms with Crippen LogP contribution in [0.4, 0.5) is 5.69 Å². The lowest BCUT2D eigenvalue weighted by Gasteiger charge is -2.10. The van der Waals surface area contributed by atoms with Crippen LogP contribution in [0, 0.1) is 3.95 Å². The van der Waals surface area contributed by atoms with Crippen LogP contribution in [0.5, 0.6) is 11.6 Å². The number of aromatic hydroxyl groups is 1. The molecule has 0 fully saturated rings. The summed E-state index contributed by atoms with van der Waals surface area (Å²) >= 11 is 6.51. The average molecular weight is 409 g/mol. The molecule has 8 heteroatoms. The van der Waals surface area contributed by atoms with E-state index >= 15 is 0 Å². The number of nitrogens with zero attached hydrogens (tertiary/aromatic N) is 2. The number of fused-ring (bicyclic) bond motifs is 1. The van der Waals surface area contributed by atoms with Gasteiger partial charge in [-0.3, -0.25) is 15.2 Å². The number of nitrogens with one attached hydrogen (secondary N) is 1. The fourth-order valence-corrected chi connectivity index (χ4v) is 4.05. The van der Waals surface area contributed by atoms with Crippen LogP contribution in [0.25, 0.3) is 11.6 Å². The van der Waals surface area contributed by atoms with Crippen LogP contribution in [0.3, 0.4) is 0 Å². The van der Waals surface area contributed by atoms with Gasteiger partial charge in [-0.05, 0) is 36.5 Å². The minimum Gasteiger partial charge on any atom is -0.496 e. The van der Waals surface area contributed by atoms with Crippen LogP contribution in [0.15, 0.2) is 53.5 Å². The summed E-state index contributed by atoms with van der Waals surface area (Å²) in [6, 6.07) is 14.6. The second-order valence-electron chi connectivity index (χ2n) is 5.91. The molecule has 1 amide bonds. The number of amides is 1. The van der Waals surface area contributed by atoms with Gasteiger partial charge in [0.25, 0.3) is 5.91 Å². The number of thiazole rings is 1. The number of para-hydroxylation sites is 2. The normalized spacial score (nSPS) is 13.5. The van der Waals surface area contributed by atoms with Crippen LogP contribution in [-0.4, -0.2) is 29.0 Å². The van der Waals surface area contributed by atoms with Gasteiger partial charge in [0, 0.05) is 17.4 Å². The topological polar surface area (TPSA) is 75.8 Å². The minimum atomic E-state index is -0.436. The standard InChI is InChI=1S/C20H15N3O3S2/c1-26-16-9-5-3-7-14(16)18(24)22-23-19(25)17(28-20(23)27)10-12-11-21-15-8-4-2-6-13(12)15/h2-11,25H,1H3,(H,22,24)/b12-10+. The number of hydrogen-bond donors (Lipinski definition) is 2. The lowest BCUT2D eigenvalue weighted by atomic mass is 10.1. The van der Waals surface area contributed by atoms with E-state index in [2.05, 4.69) is 10.4 Å². The fraction of sp³-hybridized carbons (Fsp3) is 0.0500. The molecule has 4 rings (SSSR count). The number of carbonyl (C=O) groups excluding carboxylic acids is 1. The van der Waals surface area contributed by atoms with Crippen LogP contribution in [0.1, 0.15) is 20.8 Å². The largest absolute Gasteiger partial charge is 0.496 e. The lowest BCUT2D eigenvalue weighted by molar-refractivity contribution is 0.100. The zero-order valence-electron chi connectivity index (χ0n) is 14.7. The molecule has 0 aliphatic carbocycles. The molecule has 0 spiro atoms. The highest BCUT2D eigenvalue weighted by Gasteiger charge is 2.18. The Balaban J connectivity index is 1.66. The van der Waals surface area contributed by atoms with Crippen molar-refractivity contribution in [1.82, 2.24) is 4.68 Å². The van der Waals surface area contributed by atoms with E-state index in [1.165, 1.54) is 23.1 Å². The second kappa shape index (κ2) is 7.41. The van der Waals surface area contributed by atoms with Crippen molar-refractivity contribution in [1.29, 1.82) is 0 Å². The zero-order chi connectivity index (χ0) is 19.7. The second-order valence-corrected chi connectivity index (χ2v) is 7.58. The average Bonchev–Trinajstić information content (AvgIpc) is 3.24. The molecule has 1 aromatic heterocycles. The summed E-state index contributed by atoms with van der Waals surface area (Å²) in [5.41, 5.74) is 5.69. The van der Waals surface area contributed by atoms with Gasteiger partial charge >= 0.3 is 0 Å². The smallest absolute Gasteiger partial charge is 0.274 e. The van der Waals surface area contributed by atoms with Crippen molar-refractivity contribution >= 4 is 53.0 Å². The molecular weight excluding hydrogens is 394 g/mol. The molecule has 0 bridgehead atoms. The first-order chi connectivity index (χ1) is 13.6. The summed E-state index contributed by atoms with van der Waals surface area (Å²) < 4.78 is 6.72. The number of ether oxygens (including phenoxy) is 1. The van der Waals surface area contributed by atoms with Gasteiger partial charge in [-0.1, -0.05) is 41.7 Å². The number of allylic oxidation sites excluding steroid dienone is 1. The van der Waals surface area contributed by atoms with Crippen molar-refractivity contribution in [2.75, 3.05) is 12.5 Å². The van der Waals surface area contributed by atoms with E-state index in [4.69, 9.17) is 17.0 Å². The van der Waals surface area contributed by atoms with Gasteiger partial charge in [-0.2, -0.15) is 4.68 Å². The van der Waals surface area contributed by atoms with E-state index in [0.717, 1.165) is 16.8 Å². The van der Waals surface area contributed by atoms with Crippen molar-refractivity contribution < 1.29 is 14.6 Å². The predicted molar refractivity (Wildman–Crippen MR) is 114 cm³/mol. The van der Waals surface area contributed by atoms with E-state index in [1.807, 2.05) is 24.3 Å². The highest BCUT2D eigenvalue weighted by molar-refractivity contribution is 7.73. The van der Waals surface area contributed by atoms with Gasteiger partial charge < -0.3 is 9.84 Å². The Bertz CT molecular complexity index is 1190. The summed E-state index contributed by atoms with van der Waals surface area (Å²) in [7, 11) is 1.49. The molecular formula is C20H15N3O3S2. The first kappa shape index (κ1) is 18.1. The number of aromatic nitrogens is 1. The van der Waals surface area contributed by atoms with E-state index in [0.29, 0.717) is 20.1 Å².